The highest BCUT2D eigenvalue weighted by Crippen LogP contribution is 2.23. The number of benzene rings is 1. The zero-order valence-corrected chi connectivity index (χ0v) is 19.4. The number of nitrogens with zero attached hydrogens (tertiary/aromatic N) is 2. The van der Waals surface area contributed by atoms with E-state index in [-0.39, 0.29) is 29.7 Å². The highest BCUT2D eigenvalue weighted by molar-refractivity contribution is 14.0. The number of phenols is 1. The lowest BCUT2D eigenvalue weighted by atomic mass is 10.1. The minimum absolute atomic E-state index is 0. The van der Waals surface area contributed by atoms with E-state index in [2.05, 4.69) is 34.6 Å². The standard InChI is InChI=1S/C20H30N4O3.HI/c1-5-17-16(19(6-2)27-24-17)13-23-20(21-7-3)22-11-10-14-8-9-15(26-4)12-18(14)25;/h8-9,12,25H,5-7,10-11,13H2,1-4H3,(H2,21,22,23);1H. The van der Waals surface area contributed by atoms with Crippen LogP contribution in [0.4, 0.5) is 0 Å². The van der Waals surface area contributed by atoms with Crippen LogP contribution in [0.1, 0.15) is 43.4 Å². The summed E-state index contributed by atoms with van der Waals surface area (Å²) in [7, 11) is 1.58. The molecule has 0 unspecified atom stereocenters. The van der Waals surface area contributed by atoms with Crippen molar-refractivity contribution in [2.45, 2.75) is 46.6 Å². The zero-order chi connectivity index (χ0) is 19.6. The Balaban J connectivity index is 0.00000392. The van der Waals surface area contributed by atoms with Gasteiger partial charge in [-0.25, -0.2) is 4.99 Å². The molecule has 0 radical (unpaired) electrons. The number of aryl methyl sites for hydroxylation is 2. The molecule has 1 aromatic heterocycles. The summed E-state index contributed by atoms with van der Waals surface area (Å²) in [5.41, 5.74) is 2.90. The maximum Gasteiger partial charge on any atom is 0.191 e. The summed E-state index contributed by atoms with van der Waals surface area (Å²) in [5, 5.41) is 20.7. The molecule has 28 heavy (non-hydrogen) atoms. The zero-order valence-electron chi connectivity index (χ0n) is 17.0. The van der Waals surface area contributed by atoms with Crippen LogP contribution >= 0.6 is 24.0 Å². The highest BCUT2D eigenvalue weighted by Gasteiger charge is 2.13. The summed E-state index contributed by atoms with van der Waals surface area (Å²) in [6, 6.07) is 5.34. The van der Waals surface area contributed by atoms with Crippen molar-refractivity contribution in [3.63, 3.8) is 0 Å². The summed E-state index contributed by atoms with van der Waals surface area (Å²) in [6.07, 6.45) is 2.31. The van der Waals surface area contributed by atoms with Gasteiger partial charge in [0.15, 0.2) is 5.96 Å². The first kappa shape index (κ1) is 24.1. The second-order valence-electron chi connectivity index (χ2n) is 6.10. The average Bonchev–Trinajstić information content (AvgIpc) is 3.09. The summed E-state index contributed by atoms with van der Waals surface area (Å²) >= 11 is 0. The Morgan fingerprint density at radius 3 is 2.61 bits per heavy atom. The van der Waals surface area contributed by atoms with Gasteiger partial charge in [0.2, 0.25) is 0 Å². The molecule has 7 nitrogen and oxygen atoms in total. The fraction of sp³-hybridized carbons (Fsp3) is 0.500. The van der Waals surface area contributed by atoms with Crippen LogP contribution in [0.5, 0.6) is 11.5 Å². The lowest BCUT2D eigenvalue weighted by Gasteiger charge is -2.12. The number of nitrogens with one attached hydrogen (secondary N) is 2. The van der Waals surface area contributed by atoms with Crippen molar-refractivity contribution in [3.8, 4) is 11.5 Å². The predicted octanol–water partition coefficient (Wildman–Crippen LogP) is 3.43. The lowest BCUT2D eigenvalue weighted by Crippen LogP contribution is -2.38. The summed E-state index contributed by atoms with van der Waals surface area (Å²) in [6.45, 7) is 8.09. The highest BCUT2D eigenvalue weighted by atomic mass is 127. The molecule has 2 aromatic rings. The van der Waals surface area contributed by atoms with Gasteiger partial charge in [-0.2, -0.15) is 0 Å². The number of methoxy groups -OCH3 is 1. The van der Waals surface area contributed by atoms with Gasteiger partial charge in [0.05, 0.1) is 19.3 Å². The van der Waals surface area contributed by atoms with Crippen LogP contribution in [0.2, 0.25) is 0 Å². The molecule has 0 bridgehead atoms. The van der Waals surface area contributed by atoms with Gasteiger partial charge in [-0.3, -0.25) is 0 Å². The molecule has 8 heteroatoms. The molecule has 0 atom stereocenters. The van der Waals surface area contributed by atoms with Crippen LogP contribution in [-0.2, 0) is 25.8 Å². The van der Waals surface area contributed by atoms with E-state index in [0.29, 0.717) is 25.3 Å². The third-order valence-electron chi connectivity index (χ3n) is 4.33. The third-order valence-corrected chi connectivity index (χ3v) is 4.33. The number of halogens is 1. The number of rotatable bonds is 9. The number of guanidine groups is 1. The van der Waals surface area contributed by atoms with Crippen molar-refractivity contribution in [1.29, 1.82) is 0 Å². The molecule has 0 aliphatic heterocycles. The number of ether oxygens (including phenoxy) is 1. The Hall–Kier alpha value is -1.97. The van der Waals surface area contributed by atoms with E-state index in [4.69, 9.17) is 9.26 Å². The van der Waals surface area contributed by atoms with E-state index in [0.717, 1.165) is 47.9 Å². The minimum Gasteiger partial charge on any atom is -0.508 e. The Kier molecular flexibility index (Phi) is 10.7. The first-order chi connectivity index (χ1) is 13.1. The van der Waals surface area contributed by atoms with Crippen LogP contribution in [0, 0.1) is 0 Å². The lowest BCUT2D eigenvalue weighted by molar-refractivity contribution is 0.380. The Bertz CT molecular complexity index is 740. The van der Waals surface area contributed by atoms with Crippen molar-refractivity contribution in [1.82, 2.24) is 15.8 Å². The predicted molar refractivity (Wildman–Crippen MR) is 122 cm³/mol. The molecular formula is C20H31IN4O3. The number of hydrogen-bond donors (Lipinski definition) is 3. The van der Waals surface area contributed by atoms with Gasteiger partial charge in [0.1, 0.15) is 17.3 Å². The molecule has 0 spiro atoms. The van der Waals surface area contributed by atoms with Gasteiger partial charge in [0, 0.05) is 31.1 Å². The van der Waals surface area contributed by atoms with E-state index in [1.54, 1.807) is 13.2 Å². The monoisotopic (exact) mass is 502 g/mol. The molecule has 0 amide bonds. The van der Waals surface area contributed by atoms with E-state index in [1.165, 1.54) is 0 Å². The molecule has 3 N–H and O–H groups in total. The first-order valence-corrected chi connectivity index (χ1v) is 9.47. The van der Waals surface area contributed by atoms with Crippen molar-refractivity contribution in [2.24, 2.45) is 4.99 Å². The average molecular weight is 502 g/mol. The molecular weight excluding hydrogens is 471 g/mol. The number of hydrogen-bond acceptors (Lipinski definition) is 5. The second kappa shape index (κ2) is 12.5. The normalized spacial score (nSPS) is 11.1. The maximum atomic E-state index is 10.1. The Morgan fingerprint density at radius 1 is 1.21 bits per heavy atom. The fourth-order valence-electron chi connectivity index (χ4n) is 2.81. The summed E-state index contributed by atoms with van der Waals surface area (Å²) in [5.74, 6) is 2.51. The van der Waals surface area contributed by atoms with Gasteiger partial charge in [-0.15, -0.1) is 24.0 Å². The summed E-state index contributed by atoms with van der Waals surface area (Å²) in [4.78, 5) is 4.67. The SMILES string of the molecule is CCNC(=NCc1c(CC)noc1CC)NCCc1ccc(OC)cc1O.I. The molecule has 1 heterocycles. The Labute approximate surface area is 184 Å². The fourth-order valence-corrected chi connectivity index (χ4v) is 2.81. The smallest absolute Gasteiger partial charge is 0.191 e. The Morgan fingerprint density at radius 2 is 2.00 bits per heavy atom. The molecule has 0 aliphatic rings. The van der Waals surface area contributed by atoms with Crippen LogP contribution < -0.4 is 15.4 Å². The molecule has 2 rings (SSSR count). The molecule has 156 valence electrons. The van der Waals surface area contributed by atoms with Gasteiger partial charge < -0.3 is 25.0 Å². The minimum atomic E-state index is 0. The van der Waals surface area contributed by atoms with Crippen molar-refractivity contribution >= 4 is 29.9 Å². The number of aromatic nitrogens is 1. The van der Waals surface area contributed by atoms with Crippen molar-refractivity contribution in [2.75, 3.05) is 20.2 Å². The van der Waals surface area contributed by atoms with Crippen LogP contribution in [0.25, 0.3) is 0 Å². The van der Waals surface area contributed by atoms with Crippen LogP contribution in [0.15, 0.2) is 27.7 Å². The molecule has 0 aliphatic carbocycles. The topological polar surface area (TPSA) is 91.9 Å². The van der Waals surface area contributed by atoms with E-state index >= 15 is 0 Å². The van der Waals surface area contributed by atoms with Gasteiger partial charge in [-0.05, 0) is 31.4 Å². The molecule has 0 saturated heterocycles. The molecule has 0 saturated carbocycles. The summed E-state index contributed by atoms with van der Waals surface area (Å²) < 4.78 is 10.5. The second-order valence-corrected chi connectivity index (χ2v) is 6.10. The third kappa shape index (κ3) is 6.57. The largest absolute Gasteiger partial charge is 0.508 e. The van der Waals surface area contributed by atoms with E-state index in [9.17, 15) is 5.11 Å². The quantitative estimate of drug-likeness (QED) is 0.277. The van der Waals surface area contributed by atoms with Gasteiger partial charge >= 0.3 is 0 Å². The molecule has 0 fully saturated rings. The maximum absolute atomic E-state index is 10.1. The molecule has 1 aromatic carbocycles. The van der Waals surface area contributed by atoms with Crippen molar-refractivity contribution in [3.05, 3.63) is 40.8 Å². The first-order valence-electron chi connectivity index (χ1n) is 9.47. The number of aliphatic imine (C=N–C) groups is 1. The number of aromatic hydroxyl groups is 1. The van der Waals surface area contributed by atoms with E-state index < -0.39 is 0 Å². The van der Waals surface area contributed by atoms with E-state index in [1.807, 2.05) is 19.1 Å². The van der Waals surface area contributed by atoms with Crippen LogP contribution in [-0.4, -0.2) is 36.4 Å². The van der Waals surface area contributed by atoms with Crippen molar-refractivity contribution < 1.29 is 14.4 Å². The number of phenolic OH excluding ortho intramolecular Hbond substituents is 1. The van der Waals surface area contributed by atoms with Gasteiger partial charge in [-0.1, -0.05) is 25.1 Å². The van der Waals surface area contributed by atoms with Crippen LogP contribution in [0.3, 0.4) is 0 Å². The van der Waals surface area contributed by atoms with Gasteiger partial charge in [0.25, 0.3) is 0 Å².